The molecule has 0 aliphatic heterocycles. The number of carbonyl (C=O) groups excluding carboxylic acids is 1. The molecule has 0 aromatic rings. The molecule has 0 amide bonds. The maximum Gasteiger partial charge on any atom is 0.309 e. The Morgan fingerprint density at radius 2 is 1.45 bits per heavy atom. The van der Waals surface area contributed by atoms with Crippen LogP contribution in [0.3, 0.4) is 0 Å². The summed E-state index contributed by atoms with van der Waals surface area (Å²) in [6, 6.07) is 0. The van der Waals surface area contributed by atoms with E-state index in [4.69, 9.17) is 0 Å². The van der Waals surface area contributed by atoms with Gasteiger partial charge in [-0.25, -0.2) is 0 Å². The van der Waals surface area contributed by atoms with Gasteiger partial charge >= 0.3 is 5.97 Å². The normalized spacial score (nSPS) is 55.0. The number of hydrogen-bond donors (Lipinski definition) is 1. The molecule has 4 unspecified atom stereocenters. The van der Waals surface area contributed by atoms with Crippen molar-refractivity contribution in [1.29, 1.82) is 0 Å². The summed E-state index contributed by atoms with van der Waals surface area (Å²) in [6.45, 7) is 17.0. The summed E-state index contributed by atoms with van der Waals surface area (Å²) in [6.07, 6.45) is 10.9. The van der Waals surface area contributed by atoms with Crippen molar-refractivity contribution in [3.63, 3.8) is 0 Å². The summed E-state index contributed by atoms with van der Waals surface area (Å²) in [5, 5.41) is 10.4. The van der Waals surface area contributed by atoms with Crippen LogP contribution in [0, 0.1) is 62.6 Å². The quantitative estimate of drug-likeness (QED) is 0.471. The number of aliphatic carboxylic acids is 1. The lowest BCUT2D eigenvalue weighted by Gasteiger charge is -2.72. The van der Waals surface area contributed by atoms with E-state index in [2.05, 4.69) is 41.5 Å². The molecule has 186 valence electrons. The van der Waals surface area contributed by atoms with Crippen molar-refractivity contribution in [2.45, 2.75) is 113 Å². The van der Waals surface area contributed by atoms with Crippen molar-refractivity contribution in [1.82, 2.24) is 0 Å². The Balaban J connectivity index is 1.57. The van der Waals surface area contributed by atoms with Gasteiger partial charge in [-0.2, -0.15) is 0 Å². The van der Waals surface area contributed by atoms with Crippen molar-refractivity contribution in [3.05, 3.63) is 0 Å². The third-order valence-corrected chi connectivity index (χ3v) is 13.9. The van der Waals surface area contributed by atoms with Crippen LogP contribution in [0.5, 0.6) is 0 Å². The van der Waals surface area contributed by atoms with Crippen LogP contribution in [0.1, 0.15) is 113 Å². The van der Waals surface area contributed by atoms with Gasteiger partial charge in [-0.1, -0.05) is 41.5 Å². The van der Waals surface area contributed by atoms with Crippen LogP contribution >= 0.6 is 0 Å². The van der Waals surface area contributed by atoms with Gasteiger partial charge in [0, 0.05) is 5.92 Å². The Labute approximate surface area is 201 Å². The van der Waals surface area contributed by atoms with E-state index in [9.17, 15) is 14.7 Å². The van der Waals surface area contributed by atoms with Gasteiger partial charge in [0.2, 0.25) is 0 Å². The minimum Gasteiger partial charge on any atom is -0.481 e. The van der Waals surface area contributed by atoms with Gasteiger partial charge in [0.25, 0.3) is 0 Å². The van der Waals surface area contributed by atoms with Crippen LogP contribution in [-0.4, -0.2) is 16.9 Å². The highest BCUT2D eigenvalue weighted by atomic mass is 16.4. The lowest BCUT2D eigenvalue weighted by molar-refractivity contribution is -0.243. The minimum absolute atomic E-state index is 0.0392. The molecule has 5 rings (SSSR count). The third kappa shape index (κ3) is 2.75. The molecular formula is C30H48O3. The maximum absolute atomic E-state index is 12.8. The molecular weight excluding hydrogens is 408 g/mol. The van der Waals surface area contributed by atoms with Gasteiger partial charge in [-0.3, -0.25) is 9.59 Å². The summed E-state index contributed by atoms with van der Waals surface area (Å²) in [5.41, 5.74) is 0.495. The zero-order chi connectivity index (χ0) is 24.2. The van der Waals surface area contributed by atoms with Gasteiger partial charge in [0.05, 0.1) is 5.41 Å². The first-order valence-corrected chi connectivity index (χ1v) is 14.0. The fourth-order valence-electron chi connectivity index (χ4n) is 11.6. The van der Waals surface area contributed by atoms with Crippen LogP contribution < -0.4 is 0 Å². The first-order chi connectivity index (χ1) is 15.3. The van der Waals surface area contributed by atoms with Gasteiger partial charge < -0.3 is 5.11 Å². The van der Waals surface area contributed by atoms with Crippen molar-refractivity contribution in [3.8, 4) is 0 Å². The summed E-state index contributed by atoms with van der Waals surface area (Å²) in [5.74, 6) is 2.26. The van der Waals surface area contributed by atoms with Crippen LogP contribution in [-0.2, 0) is 9.59 Å². The Bertz CT molecular complexity index is 861. The lowest BCUT2D eigenvalue weighted by Crippen LogP contribution is -2.66. The SMILES string of the molecule is CC(=O)[C@@H]1CC[C@]2(C(=O)O)CC[C@]3(C)C(CCC4[C@@]5(C)CC[C@H](C)C(C)(C)C5CC[C@]43C)C12. The second-order valence-corrected chi connectivity index (χ2v) is 14.7. The number of carboxylic acids is 1. The molecule has 0 saturated heterocycles. The summed E-state index contributed by atoms with van der Waals surface area (Å²) >= 11 is 0. The van der Waals surface area contributed by atoms with Gasteiger partial charge in [0.15, 0.2) is 0 Å². The second kappa shape index (κ2) is 7.10. The minimum atomic E-state index is -0.660. The van der Waals surface area contributed by atoms with E-state index >= 15 is 0 Å². The van der Waals surface area contributed by atoms with Crippen molar-refractivity contribution < 1.29 is 14.7 Å². The van der Waals surface area contributed by atoms with E-state index in [1.54, 1.807) is 6.92 Å². The monoisotopic (exact) mass is 456 g/mol. The highest BCUT2D eigenvalue weighted by molar-refractivity contribution is 5.83. The molecule has 5 fully saturated rings. The molecule has 1 N–H and O–H groups in total. The fraction of sp³-hybridized carbons (Fsp3) is 0.933. The van der Waals surface area contributed by atoms with Crippen LogP contribution in [0.2, 0.25) is 0 Å². The van der Waals surface area contributed by atoms with E-state index in [0.29, 0.717) is 29.1 Å². The summed E-state index contributed by atoms with van der Waals surface area (Å²) in [4.78, 5) is 25.5. The van der Waals surface area contributed by atoms with E-state index < -0.39 is 11.4 Å². The number of carbonyl (C=O) groups is 2. The highest BCUT2D eigenvalue weighted by Crippen LogP contribution is 2.77. The topological polar surface area (TPSA) is 54.4 Å². The van der Waals surface area contributed by atoms with Gasteiger partial charge in [-0.15, -0.1) is 0 Å². The largest absolute Gasteiger partial charge is 0.481 e. The smallest absolute Gasteiger partial charge is 0.309 e. The molecule has 10 atom stereocenters. The average molecular weight is 457 g/mol. The van der Waals surface area contributed by atoms with Gasteiger partial charge in [-0.05, 0) is 122 Å². The fourth-order valence-corrected chi connectivity index (χ4v) is 11.6. The third-order valence-electron chi connectivity index (χ3n) is 13.9. The predicted molar refractivity (Wildman–Crippen MR) is 132 cm³/mol. The highest BCUT2D eigenvalue weighted by Gasteiger charge is 2.72. The van der Waals surface area contributed by atoms with E-state index in [1.165, 1.54) is 32.1 Å². The molecule has 0 aromatic carbocycles. The molecule has 0 spiro atoms. The molecule has 0 radical (unpaired) electrons. The van der Waals surface area contributed by atoms with Crippen LogP contribution in [0.25, 0.3) is 0 Å². The van der Waals surface area contributed by atoms with E-state index in [0.717, 1.165) is 37.5 Å². The Hall–Kier alpha value is -0.860. The zero-order valence-electron chi connectivity index (χ0n) is 22.3. The molecule has 5 saturated carbocycles. The zero-order valence-corrected chi connectivity index (χ0v) is 22.3. The molecule has 3 nitrogen and oxygen atoms in total. The number of hydrogen-bond acceptors (Lipinski definition) is 2. The van der Waals surface area contributed by atoms with E-state index in [1.807, 2.05) is 0 Å². The van der Waals surface area contributed by atoms with Crippen molar-refractivity contribution in [2.75, 3.05) is 0 Å². The van der Waals surface area contributed by atoms with Crippen molar-refractivity contribution >= 4 is 11.8 Å². The number of carboxylic acid groups (broad SMARTS) is 1. The average Bonchev–Trinajstić information content (AvgIpc) is 3.13. The molecule has 5 aliphatic rings. The lowest BCUT2D eigenvalue weighted by atomic mass is 9.32. The second-order valence-electron chi connectivity index (χ2n) is 14.7. The Morgan fingerprint density at radius 1 is 0.758 bits per heavy atom. The standard InChI is InChI=1S/C30H48O3/c1-18-10-13-27(5)22(26(18,3)4)12-14-29(7)23(27)9-8-21-24-20(19(2)31)11-15-30(24,25(32)33)17-16-28(21,29)6/h18,20-24H,8-17H2,1-7H3,(H,32,33)/t18-,20-,21?,22?,23?,24?,27-,28+,29+,30-/m0/s1. The van der Waals surface area contributed by atoms with Gasteiger partial charge in [0.1, 0.15) is 5.78 Å². The molecule has 3 heteroatoms. The van der Waals surface area contributed by atoms with E-state index in [-0.39, 0.29) is 28.4 Å². The van der Waals surface area contributed by atoms with Crippen molar-refractivity contribution in [2.24, 2.45) is 62.6 Å². The number of fused-ring (bicyclic) bond motifs is 7. The molecule has 5 aliphatic carbocycles. The molecule has 33 heavy (non-hydrogen) atoms. The summed E-state index contributed by atoms with van der Waals surface area (Å²) < 4.78 is 0. The van der Waals surface area contributed by atoms with Crippen LogP contribution in [0.4, 0.5) is 0 Å². The predicted octanol–water partition coefficient (Wildman–Crippen LogP) is 7.38. The first-order valence-electron chi connectivity index (χ1n) is 14.0. The number of ketones is 1. The summed E-state index contributed by atoms with van der Waals surface area (Å²) in [7, 11) is 0. The first kappa shape index (κ1) is 23.9. The maximum atomic E-state index is 12.8. The number of rotatable bonds is 2. The Morgan fingerprint density at radius 3 is 2.09 bits per heavy atom. The van der Waals surface area contributed by atoms with Crippen LogP contribution in [0.15, 0.2) is 0 Å². The molecule has 0 aromatic heterocycles. The molecule has 0 bridgehead atoms. The Kier molecular flexibility index (Phi) is 5.13. The molecule has 0 heterocycles. The number of Topliss-reactive ketones (excluding diaryl/α,β-unsaturated/α-hetero) is 1.